The smallest absolute Gasteiger partial charge is 0.406 e. The van der Waals surface area contributed by atoms with Crippen molar-refractivity contribution in [3.63, 3.8) is 0 Å². The van der Waals surface area contributed by atoms with E-state index in [-0.39, 0.29) is 6.54 Å². The van der Waals surface area contributed by atoms with Gasteiger partial charge in [0.1, 0.15) is 5.75 Å². The first-order valence-electron chi connectivity index (χ1n) is 7.78. The Balaban J connectivity index is 1.70. The molecule has 2 aliphatic heterocycles. The third-order valence-electron chi connectivity index (χ3n) is 4.64. The Morgan fingerprint density at radius 1 is 1.35 bits per heavy atom. The third kappa shape index (κ3) is 2.95. The minimum atomic E-state index is -4.98. The number of hydrogen-bond acceptors (Lipinski definition) is 4. The zero-order valence-corrected chi connectivity index (χ0v) is 13.4. The van der Waals surface area contributed by atoms with E-state index < -0.39 is 54.9 Å². The van der Waals surface area contributed by atoms with Gasteiger partial charge in [0.2, 0.25) is 5.91 Å². The van der Waals surface area contributed by atoms with E-state index >= 15 is 0 Å². The van der Waals surface area contributed by atoms with E-state index in [9.17, 15) is 27.6 Å². The summed E-state index contributed by atoms with van der Waals surface area (Å²) in [6.07, 6.45) is -7.37. The second-order valence-electron chi connectivity index (χ2n) is 6.25. The molecule has 2 aliphatic rings. The van der Waals surface area contributed by atoms with Crippen molar-refractivity contribution < 1.29 is 37.4 Å². The molecule has 3 rings (SSSR count). The third-order valence-corrected chi connectivity index (χ3v) is 4.64. The Hall–Kier alpha value is -2.78. The number of rotatable bonds is 3. The number of halogens is 3. The van der Waals surface area contributed by atoms with Gasteiger partial charge in [-0.1, -0.05) is 12.1 Å². The first-order chi connectivity index (χ1) is 12.1. The van der Waals surface area contributed by atoms with Crippen molar-refractivity contribution in [1.82, 2.24) is 4.90 Å². The molecule has 7 nitrogen and oxygen atoms in total. The monoisotopic (exact) mass is 372 g/mol. The van der Waals surface area contributed by atoms with Crippen molar-refractivity contribution in [2.75, 3.05) is 18.4 Å². The molecular weight excluding hydrogens is 357 g/mol. The average Bonchev–Trinajstić information content (AvgIpc) is 3.02. The van der Waals surface area contributed by atoms with Gasteiger partial charge in [0, 0.05) is 13.1 Å². The second kappa shape index (κ2) is 6.19. The summed E-state index contributed by atoms with van der Waals surface area (Å²) < 4.78 is 45.0. The number of amides is 2. The Bertz CT molecular complexity index is 766. The molecule has 1 saturated heterocycles. The summed E-state index contributed by atoms with van der Waals surface area (Å²) >= 11 is 0. The van der Waals surface area contributed by atoms with Gasteiger partial charge in [0.15, 0.2) is 11.5 Å². The molecule has 10 heteroatoms. The number of nitrogens with zero attached hydrogens (tertiary/aromatic N) is 1. The first-order valence-corrected chi connectivity index (χ1v) is 7.78. The largest absolute Gasteiger partial charge is 0.481 e. The number of ether oxygens (including phenoxy) is 1. The average molecular weight is 372 g/mol. The van der Waals surface area contributed by atoms with Crippen LogP contribution in [0.25, 0.3) is 0 Å². The number of carbonyl (C=O) groups is 3. The number of aliphatic carboxylic acids is 1. The topological polar surface area (TPSA) is 95.9 Å². The van der Waals surface area contributed by atoms with Crippen LogP contribution in [0.3, 0.4) is 0 Å². The highest BCUT2D eigenvalue weighted by molar-refractivity contribution is 6.00. The van der Waals surface area contributed by atoms with E-state index in [1.54, 1.807) is 24.3 Å². The number of para-hydroxylation sites is 2. The molecule has 2 N–H and O–H groups in total. The highest BCUT2D eigenvalue weighted by Crippen LogP contribution is 2.46. The molecule has 1 aromatic rings. The quantitative estimate of drug-likeness (QED) is 0.841. The normalized spacial score (nSPS) is 25.3. The number of benzene rings is 1. The summed E-state index contributed by atoms with van der Waals surface area (Å²) in [6.45, 7) is -1.33. The predicted octanol–water partition coefficient (Wildman–Crippen LogP) is 1.64. The standard InChI is InChI=1S/C16H15F3N2O5/c17-16(18,19)15(14(24)25)5-6-21(8-15)12(22)7-11-13(23)20-9-3-1-2-4-10(9)26-11/h1-4,11H,5-8H2,(H,20,23)(H,24,25). The van der Waals surface area contributed by atoms with E-state index in [0.717, 1.165) is 4.90 Å². The summed E-state index contributed by atoms with van der Waals surface area (Å²) in [6, 6.07) is 6.54. The molecule has 0 radical (unpaired) electrons. The van der Waals surface area contributed by atoms with Crippen LogP contribution in [-0.2, 0) is 14.4 Å². The number of fused-ring (bicyclic) bond motifs is 1. The van der Waals surface area contributed by atoms with Crippen LogP contribution in [-0.4, -0.2) is 53.2 Å². The molecule has 0 spiro atoms. The van der Waals surface area contributed by atoms with Crippen LogP contribution in [0.15, 0.2) is 24.3 Å². The maximum absolute atomic E-state index is 13.2. The Morgan fingerprint density at radius 3 is 2.65 bits per heavy atom. The van der Waals surface area contributed by atoms with Gasteiger partial charge in [-0.2, -0.15) is 13.2 Å². The summed E-state index contributed by atoms with van der Waals surface area (Å²) in [4.78, 5) is 36.3. The molecule has 1 fully saturated rings. The second-order valence-corrected chi connectivity index (χ2v) is 6.25. The SMILES string of the molecule is O=C1Nc2ccccc2OC1CC(=O)N1CCC(C(=O)O)(C(F)(F)F)C1. The Labute approximate surface area is 145 Å². The molecule has 1 aromatic carbocycles. The fourth-order valence-electron chi connectivity index (χ4n) is 3.06. The van der Waals surface area contributed by atoms with Crippen LogP contribution >= 0.6 is 0 Å². The Morgan fingerprint density at radius 2 is 2.04 bits per heavy atom. The highest BCUT2D eigenvalue weighted by atomic mass is 19.4. The molecule has 2 heterocycles. The van der Waals surface area contributed by atoms with E-state index in [1.165, 1.54) is 0 Å². The molecule has 26 heavy (non-hydrogen) atoms. The van der Waals surface area contributed by atoms with Crippen molar-refractivity contribution in [3.8, 4) is 5.75 Å². The molecule has 0 saturated carbocycles. The molecule has 2 amide bonds. The van der Waals surface area contributed by atoms with Gasteiger partial charge in [-0.15, -0.1) is 0 Å². The number of nitrogens with one attached hydrogen (secondary N) is 1. The molecule has 0 bridgehead atoms. The maximum Gasteiger partial charge on any atom is 0.406 e. The minimum absolute atomic E-state index is 0.349. The zero-order valence-electron chi connectivity index (χ0n) is 13.4. The lowest BCUT2D eigenvalue weighted by molar-refractivity contribution is -0.227. The lowest BCUT2D eigenvalue weighted by atomic mass is 9.86. The van der Waals surface area contributed by atoms with E-state index in [4.69, 9.17) is 9.84 Å². The summed E-state index contributed by atoms with van der Waals surface area (Å²) in [5, 5.41) is 11.6. The number of carboxylic acid groups (broad SMARTS) is 1. The summed E-state index contributed by atoms with van der Waals surface area (Å²) in [5.74, 6) is -3.02. The van der Waals surface area contributed by atoms with Crippen molar-refractivity contribution in [1.29, 1.82) is 0 Å². The molecule has 0 aromatic heterocycles. The maximum atomic E-state index is 13.2. The number of anilines is 1. The molecule has 0 aliphatic carbocycles. The lowest BCUT2D eigenvalue weighted by Crippen LogP contribution is -2.48. The Kier molecular flexibility index (Phi) is 4.29. The number of alkyl halides is 3. The van der Waals surface area contributed by atoms with Crippen LogP contribution in [0.1, 0.15) is 12.8 Å². The zero-order chi connectivity index (χ0) is 19.1. The lowest BCUT2D eigenvalue weighted by Gasteiger charge is -2.29. The van der Waals surface area contributed by atoms with Crippen LogP contribution in [0.2, 0.25) is 0 Å². The summed E-state index contributed by atoms with van der Waals surface area (Å²) in [5.41, 5.74) is -2.55. The predicted molar refractivity (Wildman–Crippen MR) is 81.4 cm³/mol. The van der Waals surface area contributed by atoms with E-state index in [2.05, 4.69) is 5.32 Å². The van der Waals surface area contributed by atoms with Crippen LogP contribution in [0.5, 0.6) is 5.75 Å². The van der Waals surface area contributed by atoms with Gasteiger partial charge in [-0.3, -0.25) is 14.4 Å². The van der Waals surface area contributed by atoms with Crippen LogP contribution in [0, 0.1) is 5.41 Å². The fraction of sp³-hybridized carbons (Fsp3) is 0.438. The molecular formula is C16H15F3N2O5. The van der Waals surface area contributed by atoms with Crippen LogP contribution < -0.4 is 10.1 Å². The van der Waals surface area contributed by atoms with Gasteiger partial charge in [0.25, 0.3) is 5.91 Å². The van der Waals surface area contributed by atoms with Gasteiger partial charge < -0.3 is 20.1 Å². The van der Waals surface area contributed by atoms with Crippen LogP contribution in [0.4, 0.5) is 18.9 Å². The van der Waals surface area contributed by atoms with Gasteiger partial charge in [-0.05, 0) is 18.6 Å². The van der Waals surface area contributed by atoms with Crippen molar-refractivity contribution in [2.45, 2.75) is 25.1 Å². The van der Waals surface area contributed by atoms with Crippen molar-refractivity contribution in [2.24, 2.45) is 5.41 Å². The van der Waals surface area contributed by atoms with Crippen molar-refractivity contribution in [3.05, 3.63) is 24.3 Å². The summed E-state index contributed by atoms with van der Waals surface area (Å²) in [7, 11) is 0. The van der Waals surface area contributed by atoms with Gasteiger partial charge >= 0.3 is 12.1 Å². The van der Waals surface area contributed by atoms with Gasteiger partial charge in [-0.25, -0.2) is 0 Å². The minimum Gasteiger partial charge on any atom is -0.481 e. The first kappa shape index (κ1) is 18.0. The molecule has 140 valence electrons. The van der Waals surface area contributed by atoms with Crippen molar-refractivity contribution >= 4 is 23.5 Å². The van der Waals surface area contributed by atoms with E-state index in [1.807, 2.05) is 0 Å². The number of carboxylic acids is 1. The molecule has 2 atom stereocenters. The fourth-order valence-corrected chi connectivity index (χ4v) is 3.06. The molecule has 2 unspecified atom stereocenters. The highest BCUT2D eigenvalue weighted by Gasteiger charge is 2.64. The number of carbonyl (C=O) groups excluding carboxylic acids is 2. The van der Waals surface area contributed by atoms with Gasteiger partial charge in [0.05, 0.1) is 12.1 Å². The number of likely N-dealkylation sites (tertiary alicyclic amines) is 1. The number of hydrogen-bond donors (Lipinski definition) is 2. The van der Waals surface area contributed by atoms with E-state index in [0.29, 0.717) is 11.4 Å².